The number of nitrogens with one attached hydrogen (secondary N) is 1. The van der Waals surface area contributed by atoms with Crippen LogP contribution in [0.15, 0.2) is 15.8 Å². The second kappa shape index (κ2) is 6.68. The molecule has 0 aliphatic carbocycles. The van der Waals surface area contributed by atoms with Gasteiger partial charge in [-0.3, -0.25) is 18.9 Å². The van der Waals surface area contributed by atoms with E-state index in [1.807, 2.05) is 0 Å². The summed E-state index contributed by atoms with van der Waals surface area (Å²) < 4.78 is 28.1. The van der Waals surface area contributed by atoms with E-state index in [0.717, 1.165) is 11.2 Å². The van der Waals surface area contributed by atoms with Crippen molar-refractivity contribution in [1.82, 2.24) is 9.55 Å². The van der Waals surface area contributed by atoms with Gasteiger partial charge in [0.1, 0.15) is 24.4 Å². The van der Waals surface area contributed by atoms with Crippen LogP contribution in [0.5, 0.6) is 0 Å². The molecular formula is C12H19N2O8P. The first-order valence-corrected chi connectivity index (χ1v) is 8.77. The van der Waals surface area contributed by atoms with Crippen LogP contribution >= 0.6 is 7.60 Å². The second-order valence-corrected chi connectivity index (χ2v) is 7.19. The molecule has 0 radical (unpaired) electrons. The molecule has 2 heterocycles. The van der Waals surface area contributed by atoms with E-state index in [2.05, 4.69) is 4.98 Å². The van der Waals surface area contributed by atoms with Crippen molar-refractivity contribution in [3.05, 3.63) is 32.6 Å². The van der Waals surface area contributed by atoms with E-state index in [0.29, 0.717) is 0 Å². The number of aryl methyl sites for hydroxylation is 1. The van der Waals surface area contributed by atoms with Gasteiger partial charge in [0.05, 0.1) is 12.2 Å². The van der Waals surface area contributed by atoms with Crippen LogP contribution in [0.2, 0.25) is 0 Å². The van der Waals surface area contributed by atoms with E-state index in [1.54, 1.807) is 0 Å². The Morgan fingerprint density at radius 1 is 1.48 bits per heavy atom. The SMILES string of the molecule is COC[C@H]1O[C@@H](c2cn(C)c(=O)[nH]c2=O)[C@H](O)[C@@H]1OP(C)(=O)O. The molecular weight excluding hydrogens is 331 g/mol. The van der Waals surface area contributed by atoms with Gasteiger partial charge in [0.2, 0.25) is 0 Å². The summed E-state index contributed by atoms with van der Waals surface area (Å²) in [5, 5.41) is 10.4. The molecule has 0 saturated carbocycles. The predicted molar refractivity (Wildman–Crippen MR) is 78.4 cm³/mol. The maximum atomic E-state index is 11.9. The molecule has 1 fully saturated rings. The van der Waals surface area contributed by atoms with E-state index in [4.69, 9.17) is 14.0 Å². The lowest BCUT2D eigenvalue weighted by molar-refractivity contribution is -0.0311. The Balaban J connectivity index is 2.38. The normalized spacial score (nSPS) is 30.3. The van der Waals surface area contributed by atoms with E-state index in [-0.39, 0.29) is 12.2 Å². The van der Waals surface area contributed by atoms with Crippen LogP contribution in [0.25, 0.3) is 0 Å². The zero-order chi connectivity index (χ0) is 17.4. The molecule has 0 spiro atoms. The summed E-state index contributed by atoms with van der Waals surface area (Å²) >= 11 is 0. The minimum Gasteiger partial charge on any atom is -0.387 e. The minimum absolute atomic E-state index is 0.00989. The third-order valence-corrected chi connectivity index (χ3v) is 4.06. The number of hydrogen-bond donors (Lipinski definition) is 3. The van der Waals surface area contributed by atoms with Crippen molar-refractivity contribution in [2.24, 2.45) is 7.05 Å². The standard InChI is InChI=1S/C12H19N2O8P/c1-14-4-6(11(16)13-12(14)17)9-8(15)10(22-23(3,18)19)7(21-9)5-20-2/h4,7-10,15H,5H2,1-3H3,(H,18,19)(H,13,16,17)/t7-,8+,9+,10-/m1/s1. The first-order valence-electron chi connectivity index (χ1n) is 6.75. The number of H-pyrrole nitrogens is 1. The van der Waals surface area contributed by atoms with Gasteiger partial charge in [0, 0.05) is 27.0 Å². The van der Waals surface area contributed by atoms with Crippen LogP contribution in [0, 0.1) is 0 Å². The van der Waals surface area contributed by atoms with Crippen molar-refractivity contribution >= 4 is 7.60 Å². The monoisotopic (exact) mass is 350 g/mol. The fourth-order valence-corrected chi connectivity index (χ4v) is 3.15. The van der Waals surface area contributed by atoms with Crippen LogP contribution in [-0.4, -0.2) is 58.2 Å². The highest BCUT2D eigenvalue weighted by Crippen LogP contribution is 2.44. The van der Waals surface area contributed by atoms with Crippen molar-refractivity contribution in [2.45, 2.75) is 24.4 Å². The molecule has 3 N–H and O–H groups in total. The lowest BCUT2D eigenvalue weighted by atomic mass is 10.0. The highest BCUT2D eigenvalue weighted by molar-refractivity contribution is 7.51. The fraction of sp³-hybridized carbons (Fsp3) is 0.667. The van der Waals surface area contributed by atoms with Crippen molar-refractivity contribution in [3.63, 3.8) is 0 Å². The average Bonchev–Trinajstić information content (AvgIpc) is 2.71. The first kappa shape index (κ1) is 18.1. The van der Waals surface area contributed by atoms with Crippen LogP contribution in [-0.2, 0) is 25.6 Å². The fourth-order valence-electron chi connectivity index (χ4n) is 2.44. The molecule has 5 atom stereocenters. The number of methoxy groups -OCH3 is 1. The van der Waals surface area contributed by atoms with Crippen molar-refractivity contribution in [3.8, 4) is 0 Å². The number of aliphatic hydroxyl groups is 1. The minimum atomic E-state index is -3.90. The molecule has 2 rings (SSSR count). The Bertz CT molecular complexity index is 723. The Kier molecular flexibility index (Phi) is 5.24. The molecule has 1 aromatic heterocycles. The summed E-state index contributed by atoms with van der Waals surface area (Å²) in [4.78, 5) is 34.8. The molecule has 0 amide bonds. The number of aromatic nitrogens is 2. The summed E-state index contributed by atoms with van der Waals surface area (Å²) in [5.41, 5.74) is -1.31. The summed E-state index contributed by atoms with van der Waals surface area (Å²) in [6, 6.07) is 0. The molecule has 1 unspecified atom stereocenters. The molecule has 11 heteroatoms. The van der Waals surface area contributed by atoms with Gasteiger partial charge in [-0.2, -0.15) is 0 Å². The van der Waals surface area contributed by atoms with E-state index in [9.17, 15) is 24.2 Å². The largest absolute Gasteiger partial charge is 0.387 e. The van der Waals surface area contributed by atoms with Gasteiger partial charge in [-0.25, -0.2) is 4.79 Å². The van der Waals surface area contributed by atoms with E-state index in [1.165, 1.54) is 20.4 Å². The predicted octanol–water partition coefficient (Wildman–Crippen LogP) is -1.28. The molecule has 1 saturated heterocycles. The third-order valence-electron chi connectivity index (χ3n) is 3.43. The van der Waals surface area contributed by atoms with Crippen molar-refractivity contribution in [1.29, 1.82) is 0 Å². The number of aromatic amines is 1. The van der Waals surface area contributed by atoms with Crippen LogP contribution in [0.1, 0.15) is 11.7 Å². The summed E-state index contributed by atoms with van der Waals surface area (Å²) in [7, 11) is -1.08. The molecule has 0 bridgehead atoms. The molecule has 23 heavy (non-hydrogen) atoms. The number of ether oxygens (including phenoxy) is 2. The maximum absolute atomic E-state index is 11.9. The lowest BCUT2D eigenvalue weighted by Gasteiger charge is -2.21. The third kappa shape index (κ3) is 3.97. The Morgan fingerprint density at radius 3 is 2.70 bits per heavy atom. The van der Waals surface area contributed by atoms with Crippen LogP contribution < -0.4 is 11.2 Å². The highest BCUT2D eigenvalue weighted by Gasteiger charge is 2.48. The number of aliphatic hydroxyl groups excluding tert-OH is 1. The van der Waals surface area contributed by atoms with Gasteiger partial charge in [-0.15, -0.1) is 0 Å². The molecule has 1 aliphatic heterocycles. The first-order chi connectivity index (χ1) is 10.6. The smallest absolute Gasteiger partial charge is 0.328 e. The second-order valence-electron chi connectivity index (χ2n) is 5.37. The number of hydrogen-bond acceptors (Lipinski definition) is 7. The lowest BCUT2D eigenvalue weighted by Crippen LogP contribution is -2.36. The summed E-state index contributed by atoms with van der Waals surface area (Å²) in [6.45, 7) is 0.970. The maximum Gasteiger partial charge on any atom is 0.328 e. The van der Waals surface area contributed by atoms with Gasteiger partial charge in [0.25, 0.3) is 5.56 Å². The van der Waals surface area contributed by atoms with E-state index < -0.39 is 43.3 Å². The van der Waals surface area contributed by atoms with Crippen molar-refractivity contribution in [2.75, 3.05) is 20.4 Å². The Morgan fingerprint density at radius 2 is 2.13 bits per heavy atom. The van der Waals surface area contributed by atoms with Gasteiger partial charge in [0.15, 0.2) is 0 Å². The van der Waals surface area contributed by atoms with Crippen LogP contribution in [0.4, 0.5) is 0 Å². The van der Waals surface area contributed by atoms with Gasteiger partial charge in [-0.1, -0.05) is 0 Å². The molecule has 0 aromatic carbocycles. The number of nitrogens with zero attached hydrogens (tertiary/aromatic N) is 1. The summed E-state index contributed by atoms with van der Waals surface area (Å²) in [5.74, 6) is 0. The topological polar surface area (TPSA) is 140 Å². The van der Waals surface area contributed by atoms with Gasteiger partial charge < -0.3 is 24.0 Å². The Hall–Kier alpha value is -1.29. The number of rotatable bonds is 5. The van der Waals surface area contributed by atoms with Crippen LogP contribution in [0.3, 0.4) is 0 Å². The molecule has 130 valence electrons. The molecule has 1 aliphatic rings. The van der Waals surface area contributed by atoms with Gasteiger partial charge in [-0.05, 0) is 0 Å². The highest BCUT2D eigenvalue weighted by atomic mass is 31.2. The zero-order valence-corrected chi connectivity index (χ0v) is 13.7. The molecule has 1 aromatic rings. The quantitative estimate of drug-likeness (QED) is 0.558. The van der Waals surface area contributed by atoms with Gasteiger partial charge >= 0.3 is 13.3 Å². The Labute approximate surface area is 131 Å². The van der Waals surface area contributed by atoms with Crippen molar-refractivity contribution < 1.29 is 28.6 Å². The zero-order valence-electron chi connectivity index (χ0n) is 12.8. The summed E-state index contributed by atoms with van der Waals surface area (Å²) in [6.07, 6.45) is -3.27. The average molecular weight is 350 g/mol. The van der Waals surface area contributed by atoms with E-state index >= 15 is 0 Å². The molecule has 10 nitrogen and oxygen atoms in total.